The Morgan fingerprint density at radius 3 is 2.70 bits per heavy atom. The summed E-state index contributed by atoms with van der Waals surface area (Å²) in [5.41, 5.74) is 1.73. The van der Waals surface area contributed by atoms with Crippen LogP contribution in [0.5, 0.6) is 0 Å². The van der Waals surface area contributed by atoms with E-state index in [1.807, 2.05) is 24.3 Å². The maximum absolute atomic E-state index is 13.4. The zero-order chi connectivity index (χ0) is 20.9. The van der Waals surface area contributed by atoms with Gasteiger partial charge in [-0.1, -0.05) is 24.3 Å². The van der Waals surface area contributed by atoms with E-state index in [2.05, 4.69) is 15.5 Å². The van der Waals surface area contributed by atoms with E-state index < -0.39 is 5.25 Å². The number of benzene rings is 2. The van der Waals surface area contributed by atoms with Crippen molar-refractivity contribution in [2.45, 2.75) is 22.6 Å². The molecular formula is C22H24FN3O3S. The predicted octanol–water partition coefficient (Wildman–Crippen LogP) is 2.82. The highest BCUT2D eigenvalue weighted by Gasteiger charge is 2.29. The fourth-order valence-electron chi connectivity index (χ4n) is 3.71. The van der Waals surface area contributed by atoms with Gasteiger partial charge in [-0.15, -0.1) is 11.8 Å². The van der Waals surface area contributed by atoms with Gasteiger partial charge >= 0.3 is 0 Å². The van der Waals surface area contributed by atoms with E-state index >= 15 is 0 Å². The first-order chi connectivity index (χ1) is 14.6. The highest BCUT2D eigenvalue weighted by Crippen LogP contribution is 2.36. The van der Waals surface area contributed by atoms with Crippen molar-refractivity contribution < 1.29 is 18.7 Å². The fourth-order valence-corrected chi connectivity index (χ4v) is 4.82. The number of hydrogen-bond acceptors (Lipinski definition) is 5. The first-order valence-corrected chi connectivity index (χ1v) is 10.9. The van der Waals surface area contributed by atoms with Gasteiger partial charge in [0.1, 0.15) is 5.82 Å². The van der Waals surface area contributed by atoms with Crippen LogP contribution in [0.1, 0.15) is 18.0 Å². The van der Waals surface area contributed by atoms with Gasteiger partial charge < -0.3 is 15.4 Å². The lowest BCUT2D eigenvalue weighted by Crippen LogP contribution is -2.44. The molecule has 0 unspecified atom stereocenters. The van der Waals surface area contributed by atoms with E-state index in [9.17, 15) is 14.0 Å². The summed E-state index contributed by atoms with van der Waals surface area (Å²) in [6.45, 7) is 3.14. The average molecular weight is 430 g/mol. The van der Waals surface area contributed by atoms with Crippen LogP contribution in [0.25, 0.3) is 0 Å². The summed E-state index contributed by atoms with van der Waals surface area (Å²) in [5, 5.41) is 5.38. The van der Waals surface area contributed by atoms with Crippen LogP contribution in [0.15, 0.2) is 53.4 Å². The molecule has 4 rings (SSSR count). The maximum Gasteiger partial charge on any atom is 0.238 e. The fraction of sp³-hybridized carbons (Fsp3) is 0.364. The van der Waals surface area contributed by atoms with E-state index in [-0.39, 0.29) is 30.1 Å². The van der Waals surface area contributed by atoms with E-state index in [0.29, 0.717) is 19.8 Å². The van der Waals surface area contributed by atoms with Gasteiger partial charge in [0.05, 0.1) is 30.2 Å². The molecule has 2 atom stereocenters. The summed E-state index contributed by atoms with van der Waals surface area (Å²) in [5.74, 6) is -0.622. The molecule has 0 bridgehead atoms. The number of morpholine rings is 1. The highest BCUT2D eigenvalue weighted by molar-refractivity contribution is 8.01. The molecule has 8 heteroatoms. The summed E-state index contributed by atoms with van der Waals surface area (Å²) in [4.78, 5) is 28.2. The minimum Gasteiger partial charge on any atom is -0.379 e. The summed E-state index contributed by atoms with van der Waals surface area (Å²) in [6, 6.07) is 13.9. The standard InChI is InChI=1S/C22H24FN3O3S/c23-16-7-5-15(6-8-16)18(26-9-11-29-12-10-26)14-24-21(27)13-20-22(28)25-17-3-1-2-4-19(17)30-20/h1-8,18,20H,9-14H2,(H,24,27)(H,25,28)/t18-,20-/m1/s1. The normalized spacial score (nSPS) is 20.2. The number of halogens is 1. The van der Waals surface area contributed by atoms with Crippen LogP contribution in [0.3, 0.4) is 0 Å². The molecule has 30 heavy (non-hydrogen) atoms. The molecule has 158 valence electrons. The zero-order valence-electron chi connectivity index (χ0n) is 16.5. The zero-order valence-corrected chi connectivity index (χ0v) is 17.3. The number of carbonyl (C=O) groups is 2. The lowest BCUT2D eigenvalue weighted by molar-refractivity contribution is -0.124. The van der Waals surface area contributed by atoms with Crippen molar-refractivity contribution in [1.82, 2.24) is 10.2 Å². The summed E-state index contributed by atoms with van der Waals surface area (Å²) in [7, 11) is 0. The molecule has 2 aliphatic heterocycles. The number of fused-ring (bicyclic) bond motifs is 1. The topological polar surface area (TPSA) is 70.7 Å². The molecule has 2 heterocycles. The first kappa shape index (κ1) is 20.8. The summed E-state index contributed by atoms with van der Waals surface area (Å²) in [6.07, 6.45) is 0.101. The van der Waals surface area contributed by atoms with Gasteiger partial charge in [-0.05, 0) is 29.8 Å². The summed E-state index contributed by atoms with van der Waals surface area (Å²) >= 11 is 1.41. The number of nitrogens with one attached hydrogen (secondary N) is 2. The Labute approximate surface area is 179 Å². The number of ether oxygens (including phenoxy) is 1. The van der Waals surface area contributed by atoms with E-state index in [0.717, 1.165) is 29.2 Å². The van der Waals surface area contributed by atoms with Crippen molar-refractivity contribution in [3.8, 4) is 0 Å². The third-order valence-corrected chi connectivity index (χ3v) is 6.59. The van der Waals surface area contributed by atoms with Gasteiger partial charge in [-0.3, -0.25) is 14.5 Å². The molecule has 0 saturated carbocycles. The molecule has 0 radical (unpaired) electrons. The molecule has 0 spiro atoms. The molecule has 1 saturated heterocycles. The van der Waals surface area contributed by atoms with Gasteiger partial charge in [0.15, 0.2) is 0 Å². The van der Waals surface area contributed by atoms with Gasteiger partial charge in [0, 0.05) is 31.0 Å². The number of thioether (sulfide) groups is 1. The lowest BCUT2D eigenvalue weighted by Gasteiger charge is -2.35. The Morgan fingerprint density at radius 1 is 1.20 bits per heavy atom. The number of anilines is 1. The van der Waals surface area contributed by atoms with E-state index in [1.54, 1.807) is 12.1 Å². The molecule has 0 aliphatic carbocycles. The second-order valence-electron chi connectivity index (χ2n) is 7.32. The Balaban J connectivity index is 1.39. The van der Waals surface area contributed by atoms with Crippen LogP contribution >= 0.6 is 11.8 Å². The highest BCUT2D eigenvalue weighted by atomic mass is 32.2. The second kappa shape index (κ2) is 9.59. The lowest BCUT2D eigenvalue weighted by atomic mass is 10.0. The molecule has 2 aromatic carbocycles. The molecular weight excluding hydrogens is 405 g/mol. The van der Waals surface area contributed by atoms with Gasteiger partial charge in [0.2, 0.25) is 11.8 Å². The van der Waals surface area contributed by atoms with Crippen LogP contribution in [0.2, 0.25) is 0 Å². The molecule has 0 aromatic heterocycles. The van der Waals surface area contributed by atoms with Crippen molar-refractivity contribution in [2.75, 3.05) is 38.2 Å². The Kier molecular flexibility index (Phi) is 6.66. The maximum atomic E-state index is 13.4. The number of carbonyl (C=O) groups excluding carboxylic acids is 2. The van der Waals surface area contributed by atoms with Crippen molar-refractivity contribution >= 4 is 29.3 Å². The van der Waals surface area contributed by atoms with E-state index in [4.69, 9.17) is 4.74 Å². The molecule has 6 nitrogen and oxygen atoms in total. The van der Waals surface area contributed by atoms with Crippen LogP contribution in [-0.4, -0.2) is 54.8 Å². The third kappa shape index (κ3) is 5.00. The molecule has 2 aliphatic rings. The van der Waals surface area contributed by atoms with Crippen molar-refractivity contribution in [3.05, 3.63) is 59.9 Å². The second-order valence-corrected chi connectivity index (χ2v) is 8.56. The van der Waals surface area contributed by atoms with Crippen LogP contribution in [0, 0.1) is 5.82 Å². The smallest absolute Gasteiger partial charge is 0.238 e. The predicted molar refractivity (Wildman–Crippen MR) is 114 cm³/mol. The SMILES string of the molecule is O=C(C[C@H]1Sc2ccccc2NC1=O)NC[C@H](c1ccc(F)cc1)N1CCOCC1. The van der Waals surface area contributed by atoms with Crippen molar-refractivity contribution in [2.24, 2.45) is 0 Å². The molecule has 1 fully saturated rings. The average Bonchev–Trinajstić information content (AvgIpc) is 2.76. The van der Waals surface area contributed by atoms with Gasteiger partial charge in [0.25, 0.3) is 0 Å². The summed E-state index contributed by atoms with van der Waals surface area (Å²) < 4.78 is 18.8. The quantitative estimate of drug-likeness (QED) is 0.739. The van der Waals surface area contributed by atoms with Crippen LogP contribution in [0.4, 0.5) is 10.1 Å². The number of rotatable bonds is 6. The largest absolute Gasteiger partial charge is 0.379 e. The van der Waals surface area contributed by atoms with Gasteiger partial charge in [-0.25, -0.2) is 4.39 Å². The minimum absolute atomic E-state index is 0.0768. The van der Waals surface area contributed by atoms with Crippen molar-refractivity contribution in [3.63, 3.8) is 0 Å². The monoisotopic (exact) mass is 429 g/mol. The molecule has 2 N–H and O–H groups in total. The number of nitrogens with zero attached hydrogens (tertiary/aromatic N) is 1. The van der Waals surface area contributed by atoms with E-state index in [1.165, 1.54) is 23.9 Å². The number of amides is 2. The molecule has 2 amide bonds. The Bertz CT molecular complexity index is 903. The van der Waals surface area contributed by atoms with Gasteiger partial charge in [-0.2, -0.15) is 0 Å². The first-order valence-electron chi connectivity index (χ1n) is 10.0. The number of hydrogen-bond donors (Lipinski definition) is 2. The van der Waals surface area contributed by atoms with Crippen molar-refractivity contribution in [1.29, 1.82) is 0 Å². The van der Waals surface area contributed by atoms with Crippen LogP contribution < -0.4 is 10.6 Å². The molecule has 2 aromatic rings. The Morgan fingerprint density at radius 2 is 1.93 bits per heavy atom. The number of para-hydroxylation sites is 1. The van der Waals surface area contributed by atoms with Crippen LogP contribution in [-0.2, 0) is 14.3 Å². The Hall–Kier alpha value is -2.42. The third-order valence-electron chi connectivity index (χ3n) is 5.31. The minimum atomic E-state index is -0.465.